The van der Waals surface area contributed by atoms with Crippen LogP contribution in [0.3, 0.4) is 0 Å². The SMILES string of the molecule is c1ccc(N(c2ccc(-c3cc4ccc5ccccc5c4c4ccccc34)cc2)c2ccc3c(ccc4oc5ccccc5c43)c2)cc1. The van der Waals surface area contributed by atoms with E-state index in [0.29, 0.717) is 0 Å². The number of para-hydroxylation sites is 2. The Bertz CT molecular complexity index is 2830. The molecule has 0 fully saturated rings. The smallest absolute Gasteiger partial charge is 0.136 e. The number of nitrogens with zero attached hydrogens (tertiary/aromatic N) is 1. The van der Waals surface area contributed by atoms with Crippen LogP contribution in [0, 0.1) is 0 Å². The first kappa shape index (κ1) is 26.8. The topological polar surface area (TPSA) is 16.4 Å². The van der Waals surface area contributed by atoms with Gasteiger partial charge in [-0.05, 0) is 109 Å². The molecule has 1 heterocycles. The number of benzene rings is 9. The largest absolute Gasteiger partial charge is 0.456 e. The zero-order valence-corrected chi connectivity index (χ0v) is 26.1. The summed E-state index contributed by atoms with van der Waals surface area (Å²) >= 11 is 0. The van der Waals surface area contributed by atoms with Crippen molar-refractivity contribution in [2.75, 3.05) is 4.90 Å². The van der Waals surface area contributed by atoms with E-state index in [0.717, 1.165) is 33.6 Å². The van der Waals surface area contributed by atoms with Crippen molar-refractivity contribution >= 4 is 82.1 Å². The molecule has 2 nitrogen and oxygen atoms in total. The van der Waals surface area contributed by atoms with Crippen molar-refractivity contribution in [3.8, 4) is 11.1 Å². The fraction of sp³-hybridized carbons (Fsp3) is 0. The van der Waals surface area contributed by atoms with Crippen LogP contribution in [0.1, 0.15) is 0 Å². The minimum Gasteiger partial charge on any atom is -0.456 e. The maximum Gasteiger partial charge on any atom is 0.136 e. The second-order valence-electron chi connectivity index (χ2n) is 12.5. The molecule has 0 radical (unpaired) electrons. The molecule has 224 valence electrons. The first-order valence-corrected chi connectivity index (χ1v) is 16.4. The van der Waals surface area contributed by atoms with Gasteiger partial charge in [-0.2, -0.15) is 0 Å². The molecule has 0 spiro atoms. The Hall–Kier alpha value is -6.38. The van der Waals surface area contributed by atoms with E-state index in [1.165, 1.54) is 59.6 Å². The molecule has 1 aromatic heterocycles. The zero-order chi connectivity index (χ0) is 31.6. The van der Waals surface area contributed by atoms with Crippen LogP contribution in [0.5, 0.6) is 0 Å². The number of rotatable bonds is 4. The van der Waals surface area contributed by atoms with Crippen LogP contribution in [0.25, 0.3) is 76.2 Å². The molecule has 0 atom stereocenters. The highest BCUT2D eigenvalue weighted by Gasteiger charge is 2.17. The summed E-state index contributed by atoms with van der Waals surface area (Å²) in [5.74, 6) is 0. The summed E-state index contributed by atoms with van der Waals surface area (Å²) in [6.45, 7) is 0. The van der Waals surface area contributed by atoms with Gasteiger partial charge in [-0.3, -0.25) is 0 Å². The van der Waals surface area contributed by atoms with Crippen LogP contribution < -0.4 is 4.90 Å². The number of hydrogen-bond donors (Lipinski definition) is 0. The van der Waals surface area contributed by atoms with E-state index in [1.54, 1.807) is 0 Å². The van der Waals surface area contributed by atoms with Gasteiger partial charge in [0.05, 0.1) is 0 Å². The van der Waals surface area contributed by atoms with Gasteiger partial charge < -0.3 is 9.32 Å². The molecule has 2 heteroatoms. The van der Waals surface area contributed by atoms with Crippen LogP contribution in [-0.2, 0) is 0 Å². The Morgan fingerprint density at radius 2 is 0.958 bits per heavy atom. The number of anilines is 3. The predicted molar refractivity (Wildman–Crippen MR) is 204 cm³/mol. The average molecular weight is 612 g/mol. The lowest BCUT2D eigenvalue weighted by molar-refractivity contribution is 0.669. The van der Waals surface area contributed by atoms with E-state index in [4.69, 9.17) is 4.42 Å². The number of fused-ring (bicyclic) bond motifs is 10. The lowest BCUT2D eigenvalue weighted by Crippen LogP contribution is -2.09. The number of furan rings is 1. The zero-order valence-electron chi connectivity index (χ0n) is 26.1. The summed E-state index contributed by atoms with van der Waals surface area (Å²) < 4.78 is 6.18. The molecule has 0 saturated heterocycles. The third-order valence-electron chi connectivity index (χ3n) is 9.80. The van der Waals surface area contributed by atoms with Crippen LogP contribution in [0.4, 0.5) is 17.1 Å². The van der Waals surface area contributed by atoms with Crippen LogP contribution >= 0.6 is 0 Å². The van der Waals surface area contributed by atoms with Crippen molar-refractivity contribution in [3.63, 3.8) is 0 Å². The Balaban J connectivity index is 1.12. The molecule has 0 saturated carbocycles. The van der Waals surface area contributed by atoms with Crippen molar-refractivity contribution < 1.29 is 4.42 Å². The Kier molecular flexibility index (Phi) is 5.91. The highest BCUT2D eigenvalue weighted by Crippen LogP contribution is 2.42. The van der Waals surface area contributed by atoms with Gasteiger partial charge in [0, 0.05) is 27.8 Å². The normalized spacial score (nSPS) is 11.8. The van der Waals surface area contributed by atoms with Crippen molar-refractivity contribution in [2.45, 2.75) is 0 Å². The van der Waals surface area contributed by atoms with Gasteiger partial charge in [-0.15, -0.1) is 0 Å². The van der Waals surface area contributed by atoms with E-state index >= 15 is 0 Å². The van der Waals surface area contributed by atoms with Gasteiger partial charge in [-0.25, -0.2) is 0 Å². The lowest BCUT2D eigenvalue weighted by atomic mass is 9.90. The van der Waals surface area contributed by atoms with Gasteiger partial charge in [0.25, 0.3) is 0 Å². The van der Waals surface area contributed by atoms with Crippen molar-refractivity contribution in [1.82, 2.24) is 0 Å². The molecule has 0 unspecified atom stereocenters. The highest BCUT2D eigenvalue weighted by atomic mass is 16.3. The third kappa shape index (κ3) is 4.13. The lowest BCUT2D eigenvalue weighted by Gasteiger charge is -2.26. The summed E-state index contributed by atoms with van der Waals surface area (Å²) in [6, 6.07) is 63.3. The van der Waals surface area contributed by atoms with E-state index in [9.17, 15) is 0 Å². The second kappa shape index (κ2) is 10.6. The first-order valence-electron chi connectivity index (χ1n) is 16.4. The molecule has 0 bridgehead atoms. The maximum absolute atomic E-state index is 6.18. The minimum absolute atomic E-state index is 0.918. The molecular weight excluding hydrogens is 583 g/mol. The molecule has 0 aliphatic heterocycles. The van der Waals surface area contributed by atoms with Gasteiger partial charge >= 0.3 is 0 Å². The summed E-state index contributed by atoms with van der Waals surface area (Å²) in [4.78, 5) is 2.34. The fourth-order valence-corrected chi connectivity index (χ4v) is 7.61. The van der Waals surface area contributed by atoms with Crippen LogP contribution in [-0.4, -0.2) is 0 Å². The Morgan fingerprint density at radius 1 is 0.333 bits per heavy atom. The second-order valence-corrected chi connectivity index (χ2v) is 12.5. The maximum atomic E-state index is 6.18. The predicted octanol–water partition coefficient (Wildman–Crippen LogP) is 13.3. The van der Waals surface area contributed by atoms with Gasteiger partial charge in [0.15, 0.2) is 0 Å². The van der Waals surface area contributed by atoms with E-state index in [-0.39, 0.29) is 0 Å². The monoisotopic (exact) mass is 611 g/mol. The quantitative estimate of drug-likeness (QED) is 0.184. The number of hydrogen-bond acceptors (Lipinski definition) is 2. The molecule has 0 N–H and O–H groups in total. The van der Waals surface area contributed by atoms with Crippen molar-refractivity contribution in [1.29, 1.82) is 0 Å². The molecule has 48 heavy (non-hydrogen) atoms. The molecular formula is C46H29NO. The minimum atomic E-state index is 0.918. The first-order chi connectivity index (χ1) is 23.8. The molecule has 10 aromatic rings. The van der Waals surface area contributed by atoms with Crippen LogP contribution in [0.2, 0.25) is 0 Å². The van der Waals surface area contributed by atoms with E-state index in [2.05, 4.69) is 169 Å². The van der Waals surface area contributed by atoms with Gasteiger partial charge in [0.1, 0.15) is 11.2 Å². The summed E-state index contributed by atoms with van der Waals surface area (Å²) in [6.07, 6.45) is 0. The van der Waals surface area contributed by atoms with Gasteiger partial charge in [-0.1, -0.05) is 121 Å². The van der Waals surface area contributed by atoms with E-state index < -0.39 is 0 Å². The Labute approximate surface area is 277 Å². The fourth-order valence-electron chi connectivity index (χ4n) is 7.61. The molecule has 0 amide bonds. The Morgan fingerprint density at radius 3 is 1.81 bits per heavy atom. The standard InChI is InChI=1S/C46H29NO/c1-2-11-34(12-3-1)47(36-25-26-38-32(28-36)22-27-44-46(38)41-16-8-9-17-43(41)48-44)35-23-20-31(21-24-35)42-29-33-19-18-30-10-4-5-13-37(30)45(33)40-15-7-6-14-39(40)42/h1-29H. The van der Waals surface area contributed by atoms with Gasteiger partial charge in [0.2, 0.25) is 0 Å². The van der Waals surface area contributed by atoms with Crippen molar-refractivity contribution in [3.05, 3.63) is 176 Å². The molecule has 9 aromatic carbocycles. The average Bonchev–Trinajstić information content (AvgIpc) is 3.54. The van der Waals surface area contributed by atoms with E-state index in [1.807, 2.05) is 12.1 Å². The molecule has 0 aliphatic carbocycles. The van der Waals surface area contributed by atoms with Crippen molar-refractivity contribution in [2.24, 2.45) is 0 Å². The summed E-state index contributed by atoms with van der Waals surface area (Å²) in [5.41, 5.74) is 7.61. The highest BCUT2D eigenvalue weighted by molar-refractivity contribution is 6.23. The van der Waals surface area contributed by atoms with Crippen LogP contribution in [0.15, 0.2) is 180 Å². The molecule has 0 aliphatic rings. The summed E-state index contributed by atoms with van der Waals surface area (Å²) in [7, 11) is 0. The molecule has 10 rings (SSSR count). The summed E-state index contributed by atoms with van der Waals surface area (Å²) in [5, 5.41) is 12.4. The third-order valence-corrected chi connectivity index (χ3v) is 9.80.